The molecule has 0 saturated heterocycles. The van der Waals surface area contributed by atoms with Gasteiger partial charge in [-0.3, -0.25) is 4.79 Å². The van der Waals surface area contributed by atoms with E-state index in [1.54, 1.807) is 6.92 Å². The number of rotatable bonds is 2. The molecule has 0 aromatic heterocycles. The maximum Gasteiger partial charge on any atom is 0.314 e. The van der Waals surface area contributed by atoms with E-state index in [4.69, 9.17) is 0 Å². The molecule has 0 aliphatic heterocycles. The molecule has 0 spiro atoms. The second-order valence-electron chi connectivity index (χ2n) is 4.71. The molecule has 1 aliphatic carbocycles. The summed E-state index contributed by atoms with van der Waals surface area (Å²) in [6, 6.07) is 2.47. The molecule has 17 heavy (non-hydrogen) atoms. The lowest BCUT2D eigenvalue weighted by Crippen LogP contribution is -2.32. The second kappa shape index (κ2) is 4.02. The van der Waals surface area contributed by atoms with Gasteiger partial charge in [-0.25, -0.2) is 4.39 Å². The van der Waals surface area contributed by atoms with Crippen LogP contribution in [-0.4, -0.2) is 16.2 Å². The first-order valence-electron chi connectivity index (χ1n) is 5.70. The first-order chi connectivity index (χ1) is 7.97. The molecule has 1 aromatic carbocycles. The average Bonchev–Trinajstić information content (AvgIpc) is 2.73. The van der Waals surface area contributed by atoms with Gasteiger partial charge in [0.05, 0.1) is 5.41 Å². The molecule has 1 saturated carbocycles. The van der Waals surface area contributed by atoms with Crippen molar-refractivity contribution in [3.8, 4) is 5.75 Å². The highest BCUT2D eigenvalue weighted by Crippen LogP contribution is 2.45. The van der Waals surface area contributed by atoms with Gasteiger partial charge in [0.15, 0.2) is 0 Å². The maximum absolute atomic E-state index is 13.5. The van der Waals surface area contributed by atoms with E-state index < -0.39 is 17.2 Å². The third-order valence-corrected chi connectivity index (χ3v) is 3.66. The number of carboxylic acid groups (broad SMARTS) is 1. The van der Waals surface area contributed by atoms with Gasteiger partial charge in [-0.2, -0.15) is 0 Å². The van der Waals surface area contributed by atoms with Crippen LogP contribution in [0.2, 0.25) is 0 Å². The zero-order valence-corrected chi connectivity index (χ0v) is 9.66. The van der Waals surface area contributed by atoms with Crippen molar-refractivity contribution >= 4 is 5.97 Å². The van der Waals surface area contributed by atoms with Crippen LogP contribution < -0.4 is 0 Å². The Bertz CT molecular complexity index is 462. The Morgan fingerprint density at radius 2 is 1.94 bits per heavy atom. The van der Waals surface area contributed by atoms with Crippen molar-refractivity contribution in [2.75, 3.05) is 0 Å². The van der Waals surface area contributed by atoms with E-state index in [1.165, 1.54) is 12.1 Å². The molecule has 0 amide bonds. The van der Waals surface area contributed by atoms with Crippen molar-refractivity contribution in [3.63, 3.8) is 0 Å². The monoisotopic (exact) mass is 238 g/mol. The summed E-state index contributed by atoms with van der Waals surface area (Å²) < 4.78 is 13.5. The summed E-state index contributed by atoms with van der Waals surface area (Å²) in [7, 11) is 0. The quantitative estimate of drug-likeness (QED) is 0.832. The second-order valence-corrected chi connectivity index (χ2v) is 4.71. The lowest BCUT2D eigenvalue weighted by Gasteiger charge is -2.25. The summed E-state index contributed by atoms with van der Waals surface area (Å²) >= 11 is 0. The molecule has 1 fully saturated rings. The highest BCUT2D eigenvalue weighted by atomic mass is 19.1. The lowest BCUT2D eigenvalue weighted by atomic mass is 9.78. The molecular formula is C13H15FO3. The maximum atomic E-state index is 13.5. The number of benzene rings is 1. The van der Waals surface area contributed by atoms with E-state index in [1.807, 2.05) is 0 Å². The Labute approximate surface area is 98.9 Å². The van der Waals surface area contributed by atoms with Crippen LogP contribution in [0.1, 0.15) is 36.8 Å². The van der Waals surface area contributed by atoms with E-state index in [9.17, 15) is 19.4 Å². The Morgan fingerprint density at radius 1 is 1.35 bits per heavy atom. The van der Waals surface area contributed by atoms with Crippen LogP contribution in [0.25, 0.3) is 0 Å². The van der Waals surface area contributed by atoms with Crippen LogP contribution in [0.3, 0.4) is 0 Å². The molecule has 4 heteroatoms. The largest absolute Gasteiger partial charge is 0.508 e. The van der Waals surface area contributed by atoms with Gasteiger partial charge in [0.2, 0.25) is 0 Å². The molecule has 3 nitrogen and oxygen atoms in total. The number of aliphatic carboxylic acids is 1. The molecule has 0 radical (unpaired) electrons. The Hall–Kier alpha value is -1.58. The summed E-state index contributed by atoms with van der Waals surface area (Å²) in [6.07, 6.45) is 2.50. The summed E-state index contributed by atoms with van der Waals surface area (Å²) in [4.78, 5) is 11.4. The first kappa shape index (κ1) is 11.9. The van der Waals surface area contributed by atoms with Crippen LogP contribution in [0.4, 0.5) is 4.39 Å². The molecule has 1 aromatic rings. The summed E-state index contributed by atoms with van der Waals surface area (Å²) in [5.74, 6) is -1.56. The van der Waals surface area contributed by atoms with Crippen molar-refractivity contribution < 1.29 is 19.4 Å². The normalized spacial score (nSPS) is 18.2. The minimum Gasteiger partial charge on any atom is -0.508 e. The predicted molar refractivity (Wildman–Crippen MR) is 60.6 cm³/mol. The Kier molecular flexibility index (Phi) is 2.81. The molecule has 2 rings (SSSR count). The van der Waals surface area contributed by atoms with Gasteiger partial charge in [0, 0.05) is 5.56 Å². The highest BCUT2D eigenvalue weighted by Gasteiger charge is 2.44. The smallest absolute Gasteiger partial charge is 0.314 e. The van der Waals surface area contributed by atoms with Gasteiger partial charge >= 0.3 is 5.97 Å². The number of phenolic OH excluding ortho intramolecular Hbond substituents is 1. The number of aromatic hydroxyl groups is 1. The van der Waals surface area contributed by atoms with Gasteiger partial charge in [-0.1, -0.05) is 12.8 Å². The van der Waals surface area contributed by atoms with Crippen LogP contribution in [0.15, 0.2) is 12.1 Å². The highest BCUT2D eigenvalue weighted by molar-refractivity contribution is 5.83. The van der Waals surface area contributed by atoms with Crippen LogP contribution in [-0.2, 0) is 10.2 Å². The van der Waals surface area contributed by atoms with Crippen LogP contribution in [0.5, 0.6) is 5.75 Å². The Morgan fingerprint density at radius 3 is 2.47 bits per heavy atom. The zero-order chi connectivity index (χ0) is 12.6. The number of phenols is 1. The van der Waals surface area contributed by atoms with Crippen LogP contribution >= 0.6 is 0 Å². The number of halogens is 1. The number of carbonyl (C=O) groups is 1. The number of carboxylic acids is 1. The summed E-state index contributed by atoms with van der Waals surface area (Å²) in [6.45, 7) is 1.54. The molecule has 2 N–H and O–H groups in total. The van der Waals surface area contributed by atoms with Gasteiger partial charge in [0.25, 0.3) is 0 Å². The van der Waals surface area contributed by atoms with E-state index in [0.29, 0.717) is 18.4 Å². The fourth-order valence-corrected chi connectivity index (χ4v) is 2.63. The van der Waals surface area contributed by atoms with Crippen molar-refractivity contribution in [3.05, 3.63) is 29.1 Å². The van der Waals surface area contributed by atoms with E-state index >= 15 is 0 Å². The van der Waals surface area contributed by atoms with Crippen molar-refractivity contribution in [1.29, 1.82) is 0 Å². The summed E-state index contributed by atoms with van der Waals surface area (Å²) in [5, 5.41) is 19.2. The molecule has 92 valence electrons. The lowest BCUT2D eigenvalue weighted by molar-refractivity contribution is -0.143. The third kappa shape index (κ3) is 1.77. The summed E-state index contributed by atoms with van der Waals surface area (Å²) in [5.41, 5.74) is -0.575. The molecule has 0 atom stereocenters. The van der Waals surface area contributed by atoms with Gasteiger partial charge < -0.3 is 10.2 Å². The molecule has 0 bridgehead atoms. The standard InChI is InChI=1S/C13H15FO3/c1-8-6-11(15)9(7-10(8)14)13(12(16)17)4-2-3-5-13/h6-7,15H,2-5H2,1H3,(H,16,17). The van der Waals surface area contributed by atoms with E-state index in [0.717, 1.165) is 12.8 Å². The minimum absolute atomic E-state index is 0.117. The Balaban J connectivity index is 2.58. The van der Waals surface area contributed by atoms with Gasteiger partial charge in [-0.05, 0) is 37.5 Å². The number of hydrogen-bond donors (Lipinski definition) is 2. The van der Waals surface area contributed by atoms with Gasteiger partial charge in [-0.15, -0.1) is 0 Å². The molecular weight excluding hydrogens is 223 g/mol. The SMILES string of the molecule is Cc1cc(O)c(C2(C(=O)O)CCCC2)cc1F. The molecule has 0 unspecified atom stereocenters. The van der Waals surface area contributed by atoms with Gasteiger partial charge in [0.1, 0.15) is 11.6 Å². The van der Waals surface area contributed by atoms with Crippen molar-refractivity contribution in [2.45, 2.75) is 38.0 Å². The number of aryl methyl sites for hydroxylation is 1. The van der Waals surface area contributed by atoms with E-state index in [-0.39, 0.29) is 11.3 Å². The third-order valence-electron chi connectivity index (χ3n) is 3.66. The molecule has 1 aliphatic rings. The average molecular weight is 238 g/mol. The molecule has 0 heterocycles. The fourth-order valence-electron chi connectivity index (χ4n) is 2.63. The predicted octanol–water partition coefficient (Wildman–Crippen LogP) is 2.74. The zero-order valence-electron chi connectivity index (χ0n) is 9.66. The van der Waals surface area contributed by atoms with Crippen molar-refractivity contribution in [2.24, 2.45) is 0 Å². The number of hydrogen-bond acceptors (Lipinski definition) is 2. The van der Waals surface area contributed by atoms with Crippen molar-refractivity contribution in [1.82, 2.24) is 0 Å². The van der Waals surface area contributed by atoms with E-state index in [2.05, 4.69) is 0 Å². The first-order valence-corrected chi connectivity index (χ1v) is 5.70. The fraction of sp³-hybridized carbons (Fsp3) is 0.462. The topological polar surface area (TPSA) is 57.5 Å². The minimum atomic E-state index is -1.11. The van der Waals surface area contributed by atoms with Crippen LogP contribution in [0, 0.1) is 12.7 Å².